The highest BCUT2D eigenvalue weighted by Gasteiger charge is 2.29. The van der Waals surface area contributed by atoms with Gasteiger partial charge in [-0.15, -0.1) is 0 Å². The lowest BCUT2D eigenvalue weighted by atomic mass is 10.1. The zero-order valence-electron chi connectivity index (χ0n) is 21.9. The van der Waals surface area contributed by atoms with Gasteiger partial charge in [-0.2, -0.15) is 0 Å². The third-order valence-electron chi connectivity index (χ3n) is 5.39. The summed E-state index contributed by atoms with van der Waals surface area (Å²) in [5, 5.41) is 10.5. The number of fused-ring (bicyclic) bond motifs is 1. The molecule has 2 amide bonds. The smallest absolute Gasteiger partial charge is 0.408 e. The van der Waals surface area contributed by atoms with Crippen molar-refractivity contribution in [1.29, 1.82) is 0 Å². The summed E-state index contributed by atoms with van der Waals surface area (Å²) >= 11 is 1.20. The van der Waals surface area contributed by atoms with Crippen LogP contribution in [0.2, 0.25) is 0 Å². The predicted octanol–water partition coefficient (Wildman–Crippen LogP) is 4.68. The molecular formula is C30H32N2O5S. The summed E-state index contributed by atoms with van der Waals surface area (Å²) in [5.41, 5.74) is 0.985. The fraction of sp³-hybridized carbons (Fsp3) is 0.300. The number of thioether (sulfide) groups is 1. The fourth-order valence-corrected chi connectivity index (χ4v) is 4.29. The summed E-state index contributed by atoms with van der Waals surface area (Å²) in [6.45, 7) is 5.22. The van der Waals surface area contributed by atoms with E-state index in [2.05, 4.69) is 21.8 Å². The predicted molar refractivity (Wildman–Crippen MR) is 151 cm³/mol. The maximum absolute atomic E-state index is 13.2. The molecule has 3 aromatic rings. The summed E-state index contributed by atoms with van der Waals surface area (Å²) in [4.78, 5) is 38.2. The molecule has 3 rings (SSSR count). The molecule has 0 spiro atoms. The second-order valence-electron chi connectivity index (χ2n) is 9.54. The maximum atomic E-state index is 13.2. The topological polar surface area (TPSA) is 93.7 Å². The summed E-state index contributed by atoms with van der Waals surface area (Å²) in [7, 11) is 1.26. The van der Waals surface area contributed by atoms with Crippen LogP contribution in [0.15, 0.2) is 72.8 Å². The van der Waals surface area contributed by atoms with Gasteiger partial charge in [0.05, 0.1) is 7.11 Å². The number of rotatable bonds is 8. The largest absolute Gasteiger partial charge is 0.467 e. The number of esters is 1. The van der Waals surface area contributed by atoms with Gasteiger partial charge in [0, 0.05) is 17.7 Å². The lowest BCUT2D eigenvalue weighted by Crippen LogP contribution is -2.54. The van der Waals surface area contributed by atoms with Gasteiger partial charge in [0.1, 0.15) is 17.7 Å². The highest BCUT2D eigenvalue weighted by Crippen LogP contribution is 2.18. The van der Waals surface area contributed by atoms with Crippen LogP contribution in [0, 0.1) is 11.2 Å². The fourth-order valence-electron chi connectivity index (χ4n) is 3.64. The van der Waals surface area contributed by atoms with Crippen LogP contribution in [-0.4, -0.2) is 48.5 Å². The van der Waals surface area contributed by atoms with E-state index in [-0.39, 0.29) is 12.2 Å². The molecule has 0 bridgehead atoms. The van der Waals surface area contributed by atoms with Gasteiger partial charge >= 0.3 is 12.1 Å². The first kappa shape index (κ1) is 28.6. The first-order chi connectivity index (χ1) is 18.2. The van der Waals surface area contributed by atoms with E-state index >= 15 is 0 Å². The van der Waals surface area contributed by atoms with E-state index < -0.39 is 35.7 Å². The van der Waals surface area contributed by atoms with Crippen LogP contribution >= 0.6 is 11.8 Å². The van der Waals surface area contributed by atoms with E-state index in [0.717, 1.165) is 21.9 Å². The Balaban J connectivity index is 1.71. The summed E-state index contributed by atoms with van der Waals surface area (Å²) < 4.78 is 10.2. The highest BCUT2D eigenvalue weighted by atomic mass is 32.2. The third kappa shape index (κ3) is 8.86. The average Bonchev–Trinajstić information content (AvgIpc) is 2.89. The number of carbonyl (C=O) groups excluding carboxylic acids is 3. The van der Waals surface area contributed by atoms with Crippen molar-refractivity contribution in [3.8, 4) is 11.2 Å². The molecule has 0 aliphatic rings. The Morgan fingerprint density at radius 2 is 1.58 bits per heavy atom. The Labute approximate surface area is 227 Å². The Hall–Kier alpha value is -3.96. The summed E-state index contributed by atoms with van der Waals surface area (Å²) in [6.07, 6.45) is -0.507. The van der Waals surface area contributed by atoms with Gasteiger partial charge in [-0.1, -0.05) is 84.4 Å². The Morgan fingerprint density at radius 1 is 0.895 bits per heavy atom. The molecule has 7 nitrogen and oxygen atoms in total. The van der Waals surface area contributed by atoms with E-state index in [4.69, 9.17) is 9.47 Å². The molecule has 198 valence electrons. The van der Waals surface area contributed by atoms with Gasteiger partial charge in [-0.05, 0) is 48.4 Å². The maximum Gasteiger partial charge on any atom is 0.408 e. The SMILES string of the molecule is COC(=O)[C@H](CSC#Cc1cccc2ccccc12)NC(=O)[C@H](Cc1ccccc1)NC(=O)OC(C)(C)C. The number of methoxy groups -OCH3 is 1. The Morgan fingerprint density at radius 3 is 2.29 bits per heavy atom. The molecule has 0 fully saturated rings. The molecule has 0 aliphatic heterocycles. The minimum Gasteiger partial charge on any atom is -0.467 e. The van der Waals surface area contributed by atoms with E-state index in [1.807, 2.05) is 72.8 Å². The molecule has 0 heterocycles. The minimum atomic E-state index is -0.967. The van der Waals surface area contributed by atoms with Crippen LogP contribution in [0.4, 0.5) is 4.79 Å². The second kappa shape index (κ2) is 13.5. The summed E-state index contributed by atoms with van der Waals surface area (Å²) in [6, 6.07) is 21.2. The highest BCUT2D eigenvalue weighted by molar-refractivity contribution is 8.03. The molecule has 0 saturated heterocycles. The van der Waals surface area contributed by atoms with Crippen molar-refractivity contribution in [3.05, 3.63) is 83.9 Å². The van der Waals surface area contributed by atoms with Gasteiger partial charge in [0.25, 0.3) is 0 Å². The zero-order valence-corrected chi connectivity index (χ0v) is 22.8. The number of benzene rings is 3. The van der Waals surface area contributed by atoms with Crippen molar-refractivity contribution in [2.24, 2.45) is 0 Å². The molecule has 2 N–H and O–H groups in total. The van der Waals surface area contributed by atoms with Gasteiger partial charge in [0.2, 0.25) is 5.91 Å². The van der Waals surface area contributed by atoms with Gasteiger partial charge < -0.3 is 20.1 Å². The molecule has 2 atom stereocenters. The monoisotopic (exact) mass is 532 g/mol. The van der Waals surface area contributed by atoms with Crippen molar-refractivity contribution in [3.63, 3.8) is 0 Å². The van der Waals surface area contributed by atoms with E-state index in [1.54, 1.807) is 20.8 Å². The van der Waals surface area contributed by atoms with Crippen LogP contribution in [0.25, 0.3) is 10.8 Å². The standard InChI is InChI=1S/C30H32N2O5S/c1-30(2,3)37-29(35)32-25(19-21-11-6-5-7-12-21)27(33)31-26(28(34)36-4)20-38-18-17-23-15-10-14-22-13-8-9-16-24(22)23/h5-16,25-26H,19-20H2,1-4H3,(H,31,33)(H,32,35)/t25-,26-/m0/s1. The molecule has 3 aromatic carbocycles. The van der Waals surface area contributed by atoms with E-state index in [1.165, 1.54) is 18.9 Å². The Bertz CT molecular complexity index is 1320. The number of alkyl carbamates (subject to hydrolysis) is 1. The zero-order chi connectivity index (χ0) is 27.5. The third-order valence-corrected chi connectivity index (χ3v) is 6.14. The van der Waals surface area contributed by atoms with Crippen LogP contribution in [0.5, 0.6) is 0 Å². The van der Waals surface area contributed by atoms with Gasteiger partial charge in [0.15, 0.2) is 0 Å². The van der Waals surface area contributed by atoms with Gasteiger partial charge in [-0.3, -0.25) is 4.79 Å². The number of hydrogen-bond acceptors (Lipinski definition) is 6. The molecule has 0 radical (unpaired) electrons. The number of nitrogens with one attached hydrogen (secondary N) is 2. The first-order valence-corrected chi connectivity index (χ1v) is 13.2. The molecule has 38 heavy (non-hydrogen) atoms. The van der Waals surface area contributed by atoms with Gasteiger partial charge in [-0.25, -0.2) is 9.59 Å². The molecular weight excluding hydrogens is 500 g/mol. The minimum absolute atomic E-state index is 0.167. The normalized spacial score (nSPS) is 12.4. The molecule has 0 aromatic heterocycles. The lowest BCUT2D eigenvalue weighted by Gasteiger charge is -2.24. The number of carbonyl (C=O) groups is 3. The molecule has 0 aliphatic carbocycles. The van der Waals surface area contributed by atoms with Crippen molar-refractivity contribution < 1.29 is 23.9 Å². The van der Waals surface area contributed by atoms with Crippen LogP contribution in [0.3, 0.4) is 0 Å². The van der Waals surface area contributed by atoms with Crippen LogP contribution < -0.4 is 10.6 Å². The van der Waals surface area contributed by atoms with Crippen molar-refractivity contribution in [2.75, 3.05) is 12.9 Å². The van der Waals surface area contributed by atoms with Crippen molar-refractivity contribution >= 4 is 40.5 Å². The van der Waals surface area contributed by atoms with Crippen molar-refractivity contribution in [2.45, 2.75) is 44.9 Å². The Kier molecular flexibility index (Phi) is 10.2. The van der Waals surface area contributed by atoms with Crippen LogP contribution in [0.1, 0.15) is 31.9 Å². The second-order valence-corrected chi connectivity index (χ2v) is 10.4. The van der Waals surface area contributed by atoms with E-state index in [0.29, 0.717) is 0 Å². The molecule has 0 unspecified atom stereocenters. The number of amides is 2. The lowest BCUT2D eigenvalue weighted by molar-refractivity contribution is -0.144. The first-order valence-electron chi connectivity index (χ1n) is 12.2. The molecule has 8 heteroatoms. The average molecular weight is 533 g/mol. The van der Waals surface area contributed by atoms with E-state index in [9.17, 15) is 14.4 Å². The quantitative estimate of drug-likeness (QED) is 0.323. The number of ether oxygens (including phenoxy) is 2. The molecule has 0 saturated carbocycles. The van der Waals surface area contributed by atoms with Crippen LogP contribution in [-0.2, 0) is 25.5 Å². The summed E-state index contributed by atoms with van der Waals surface area (Å²) in [5.74, 6) is 2.17. The van der Waals surface area contributed by atoms with Crippen molar-refractivity contribution in [1.82, 2.24) is 10.6 Å². The number of hydrogen-bond donors (Lipinski definition) is 2.